The maximum absolute atomic E-state index is 12.4. The Hall–Kier alpha value is -1.78. The van der Waals surface area contributed by atoms with Gasteiger partial charge in [-0.05, 0) is 19.9 Å². The third kappa shape index (κ3) is 5.92. The molecule has 0 bridgehead atoms. The van der Waals surface area contributed by atoms with Gasteiger partial charge in [-0.2, -0.15) is 5.26 Å². The van der Waals surface area contributed by atoms with Gasteiger partial charge in [-0.15, -0.1) is 13.2 Å². The summed E-state index contributed by atoms with van der Waals surface area (Å²) in [5.41, 5.74) is 0.159. The first kappa shape index (κ1) is 18.3. The highest BCUT2D eigenvalue weighted by Gasteiger charge is 2.33. The quantitative estimate of drug-likeness (QED) is 0.681. The Morgan fingerprint density at radius 2 is 1.73 bits per heavy atom. The summed E-state index contributed by atoms with van der Waals surface area (Å²) >= 11 is 0. The summed E-state index contributed by atoms with van der Waals surface area (Å²) in [6.07, 6.45) is -5.34. The SMILES string of the molecule is CCOC(CC(C#N)c1ccccc1OC(F)(F)F)OCC. The van der Waals surface area contributed by atoms with Crippen molar-refractivity contribution >= 4 is 0 Å². The molecule has 0 heterocycles. The molecule has 22 heavy (non-hydrogen) atoms. The van der Waals surface area contributed by atoms with E-state index in [1.807, 2.05) is 6.07 Å². The fraction of sp³-hybridized carbons (Fsp3) is 0.533. The molecule has 1 atom stereocenters. The number of hydrogen-bond acceptors (Lipinski definition) is 4. The Morgan fingerprint density at radius 3 is 2.23 bits per heavy atom. The van der Waals surface area contributed by atoms with Gasteiger partial charge in [-0.1, -0.05) is 18.2 Å². The van der Waals surface area contributed by atoms with E-state index in [0.29, 0.717) is 13.2 Å². The summed E-state index contributed by atoms with van der Waals surface area (Å²) in [6, 6.07) is 7.58. The molecule has 122 valence electrons. The second kappa shape index (κ2) is 8.61. The molecule has 0 aromatic heterocycles. The first-order chi connectivity index (χ1) is 10.4. The molecule has 0 saturated carbocycles. The van der Waals surface area contributed by atoms with Gasteiger partial charge in [0.25, 0.3) is 0 Å². The van der Waals surface area contributed by atoms with Crippen molar-refractivity contribution in [2.45, 2.75) is 38.8 Å². The molecule has 0 N–H and O–H groups in total. The highest BCUT2D eigenvalue weighted by Crippen LogP contribution is 2.33. The predicted octanol–water partition coefficient (Wildman–Crippen LogP) is 3.98. The molecule has 1 unspecified atom stereocenters. The third-order valence-corrected chi connectivity index (χ3v) is 2.81. The van der Waals surface area contributed by atoms with Crippen LogP contribution in [0.3, 0.4) is 0 Å². The average Bonchev–Trinajstić information content (AvgIpc) is 2.44. The van der Waals surface area contributed by atoms with E-state index in [2.05, 4.69) is 4.74 Å². The van der Waals surface area contributed by atoms with E-state index in [9.17, 15) is 18.4 Å². The van der Waals surface area contributed by atoms with Gasteiger partial charge >= 0.3 is 6.36 Å². The third-order valence-electron chi connectivity index (χ3n) is 2.81. The van der Waals surface area contributed by atoms with Crippen molar-refractivity contribution in [3.05, 3.63) is 29.8 Å². The van der Waals surface area contributed by atoms with Crippen LogP contribution in [0.1, 0.15) is 31.7 Å². The van der Waals surface area contributed by atoms with E-state index in [1.54, 1.807) is 19.9 Å². The van der Waals surface area contributed by atoms with Gasteiger partial charge < -0.3 is 14.2 Å². The van der Waals surface area contributed by atoms with Gasteiger partial charge in [-0.25, -0.2) is 0 Å². The fourth-order valence-corrected chi connectivity index (χ4v) is 1.98. The van der Waals surface area contributed by atoms with Crippen LogP contribution < -0.4 is 4.74 Å². The molecule has 1 aromatic carbocycles. The molecule has 0 aliphatic heterocycles. The number of ether oxygens (including phenoxy) is 3. The van der Waals surface area contributed by atoms with E-state index in [-0.39, 0.29) is 17.7 Å². The van der Waals surface area contributed by atoms with Gasteiger partial charge in [0.1, 0.15) is 5.75 Å². The van der Waals surface area contributed by atoms with E-state index in [0.717, 1.165) is 0 Å². The lowest BCUT2D eigenvalue weighted by molar-refractivity contribution is -0.275. The maximum Gasteiger partial charge on any atom is 0.573 e. The number of nitrogens with zero attached hydrogens (tertiary/aromatic N) is 1. The van der Waals surface area contributed by atoms with Gasteiger partial charge in [-0.3, -0.25) is 0 Å². The van der Waals surface area contributed by atoms with Crippen LogP contribution >= 0.6 is 0 Å². The Kier molecular flexibility index (Phi) is 7.15. The van der Waals surface area contributed by atoms with Gasteiger partial charge in [0.05, 0.1) is 12.0 Å². The standard InChI is InChI=1S/C15H18F3NO3/c1-3-20-14(21-4-2)9-11(10-19)12-7-5-6-8-13(12)22-15(16,17)18/h5-8,11,14H,3-4,9H2,1-2H3. The summed E-state index contributed by atoms with van der Waals surface area (Å²) in [6.45, 7) is 4.30. The molecular formula is C15H18F3NO3. The summed E-state index contributed by atoms with van der Waals surface area (Å²) in [5, 5.41) is 9.29. The summed E-state index contributed by atoms with van der Waals surface area (Å²) in [7, 11) is 0. The van der Waals surface area contributed by atoms with E-state index in [4.69, 9.17) is 9.47 Å². The first-order valence-corrected chi connectivity index (χ1v) is 6.88. The molecule has 0 amide bonds. The predicted molar refractivity (Wildman–Crippen MR) is 73.1 cm³/mol. The van der Waals surface area contributed by atoms with Gasteiger partial charge in [0.2, 0.25) is 0 Å². The topological polar surface area (TPSA) is 51.5 Å². The van der Waals surface area contributed by atoms with E-state index >= 15 is 0 Å². The number of alkyl halides is 3. The zero-order valence-electron chi connectivity index (χ0n) is 12.4. The number of nitriles is 1. The van der Waals surface area contributed by atoms with Crippen LogP contribution in [0.4, 0.5) is 13.2 Å². The zero-order chi connectivity index (χ0) is 16.6. The summed E-state index contributed by atoms with van der Waals surface area (Å²) in [4.78, 5) is 0. The lowest BCUT2D eigenvalue weighted by Gasteiger charge is -2.21. The Morgan fingerprint density at radius 1 is 1.14 bits per heavy atom. The minimum Gasteiger partial charge on any atom is -0.405 e. The maximum atomic E-state index is 12.4. The van der Waals surface area contributed by atoms with Gasteiger partial charge in [0, 0.05) is 25.2 Å². The summed E-state index contributed by atoms with van der Waals surface area (Å²) < 4.78 is 52.0. The van der Waals surface area contributed by atoms with Crippen LogP contribution in [-0.2, 0) is 9.47 Å². The van der Waals surface area contributed by atoms with Crippen molar-refractivity contribution in [2.75, 3.05) is 13.2 Å². The molecule has 0 spiro atoms. The van der Waals surface area contributed by atoms with Gasteiger partial charge in [0.15, 0.2) is 6.29 Å². The van der Waals surface area contributed by atoms with Crippen molar-refractivity contribution in [1.82, 2.24) is 0 Å². The minimum absolute atomic E-state index is 0.121. The van der Waals surface area contributed by atoms with E-state index < -0.39 is 18.6 Å². The Labute approximate surface area is 127 Å². The first-order valence-electron chi connectivity index (χ1n) is 6.88. The monoisotopic (exact) mass is 317 g/mol. The largest absolute Gasteiger partial charge is 0.573 e. The van der Waals surface area contributed by atoms with Crippen LogP contribution in [0.2, 0.25) is 0 Å². The fourth-order valence-electron chi connectivity index (χ4n) is 1.98. The smallest absolute Gasteiger partial charge is 0.405 e. The highest BCUT2D eigenvalue weighted by atomic mass is 19.4. The molecule has 0 radical (unpaired) electrons. The van der Waals surface area contributed by atoms with Crippen LogP contribution in [-0.4, -0.2) is 25.9 Å². The molecule has 0 aliphatic rings. The molecule has 1 aromatic rings. The van der Waals surface area contributed by atoms with Crippen molar-refractivity contribution in [3.8, 4) is 11.8 Å². The Balaban J connectivity index is 2.97. The molecule has 7 heteroatoms. The normalized spacial score (nSPS) is 13.0. The minimum atomic E-state index is -4.81. The van der Waals surface area contributed by atoms with Crippen molar-refractivity contribution in [2.24, 2.45) is 0 Å². The molecule has 0 saturated heterocycles. The van der Waals surface area contributed by atoms with Crippen molar-refractivity contribution in [1.29, 1.82) is 5.26 Å². The van der Waals surface area contributed by atoms with E-state index in [1.165, 1.54) is 18.2 Å². The highest BCUT2D eigenvalue weighted by molar-refractivity contribution is 5.39. The van der Waals surface area contributed by atoms with Crippen LogP contribution in [0.25, 0.3) is 0 Å². The van der Waals surface area contributed by atoms with Crippen LogP contribution in [0.15, 0.2) is 24.3 Å². The lowest BCUT2D eigenvalue weighted by atomic mass is 9.96. The molecular weight excluding hydrogens is 299 g/mol. The average molecular weight is 317 g/mol. The molecule has 0 fully saturated rings. The molecule has 4 nitrogen and oxygen atoms in total. The Bertz CT molecular complexity index is 494. The summed E-state index contributed by atoms with van der Waals surface area (Å²) in [5.74, 6) is -1.21. The molecule has 1 rings (SSSR count). The number of para-hydroxylation sites is 1. The second-order valence-corrected chi connectivity index (χ2v) is 4.34. The number of halogens is 3. The van der Waals surface area contributed by atoms with Crippen molar-refractivity contribution < 1.29 is 27.4 Å². The molecule has 0 aliphatic carbocycles. The number of rotatable bonds is 8. The van der Waals surface area contributed by atoms with Crippen LogP contribution in [0.5, 0.6) is 5.75 Å². The lowest BCUT2D eigenvalue weighted by Crippen LogP contribution is -2.22. The second-order valence-electron chi connectivity index (χ2n) is 4.34. The van der Waals surface area contributed by atoms with Crippen LogP contribution in [0, 0.1) is 11.3 Å². The number of benzene rings is 1. The number of hydrogen-bond donors (Lipinski definition) is 0. The van der Waals surface area contributed by atoms with Crippen molar-refractivity contribution in [3.63, 3.8) is 0 Å². The zero-order valence-corrected chi connectivity index (χ0v) is 12.4.